The molecule has 6 nitrogen and oxygen atoms in total. The molecule has 1 aromatic carbocycles. The largest absolute Gasteiger partial charge is 0.462 e. The van der Waals surface area contributed by atoms with E-state index in [2.05, 4.69) is 5.32 Å². The second-order valence-corrected chi connectivity index (χ2v) is 7.43. The van der Waals surface area contributed by atoms with Gasteiger partial charge in [0.25, 0.3) is 5.91 Å². The highest BCUT2D eigenvalue weighted by molar-refractivity contribution is 7.16. The highest BCUT2D eigenvalue weighted by Crippen LogP contribution is 2.35. The molecule has 2 heterocycles. The summed E-state index contributed by atoms with van der Waals surface area (Å²) in [6, 6.07) is 7.42. The van der Waals surface area contributed by atoms with Crippen molar-refractivity contribution in [2.24, 2.45) is 0 Å². The average molecular weight is 401 g/mol. The molecule has 0 aliphatic heterocycles. The summed E-state index contributed by atoms with van der Waals surface area (Å²) < 4.78 is 16.2. The smallest absolute Gasteiger partial charge is 0.341 e. The summed E-state index contributed by atoms with van der Waals surface area (Å²) >= 11 is 1.36. The van der Waals surface area contributed by atoms with Gasteiger partial charge in [-0.25, -0.2) is 4.79 Å². The predicted molar refractivity (Wildman–Crippen MR) is 109 cm³/mol. The Kier molecular flexibility index (Phi) is 6.16. The van der Waals surface area contributed by atoms with Crippen molar-refractivity contribution in [2.75, 3.05) is 19.0 Å². The van der Waals surface area contributed by atoms with E-state index in [0.29, 0.717) is 28.1 Å². The van der Waals surface area contributed by atoms with Crippen molar-refractivity contribution in [3.63, 3.8) is 0 Å². The molecule has 0 saturated carbocycles. The number of carbonyl (C=O) groups is 2. The lowest BCUT2D eigenvalue weighted by Crippen LogP contribution is -2.16. The first kappa shape index (κ1) is 20.1. The van der Waals surface area contributed by atoms with Crippen LogP contribution in [0.15, 0.2) is 28.7 Å². The van der Waals surface area contributed by atoms with Crippen LogP contribution in [-0.4, -0.2) is 25.6 Å². The Bertz CT molecular complexity index is 1020. The number of hydrogen-bond donors (Lipinski definition) is 1. The summed E-state index contributed by atoms with van der Waals surface area (Å²) in [4.78, 5) is 26.5. The standard InChI is InChI=1S/C21H23NO5S/c1-5-13-12(3)28-20(17(13)21(24)26-6-2)22-19(23)18-15(11-25-4)14-9-7-8-10-16(14)27-18/h7-10H,5-6,11H2,1-4H3,(H,22,23). The fraction of sp³-hybridized carbons (Fsp3) is 0.333. The Balaban J connectivity index is 2.01. The van der Waals surface area contributed by atoms with Crippen molar-refractivity contribution in [1.82, 2.24) is 0 Å². The first-order chi connectivity index (χ1) is 13.5. The van der Waals surface area contributed by atoms with Gasteiger partial charge in [-0.15, -0.1) is 11.3 Å². The monoisotopic (exact) mass is 401 g/mol. The van der Waals surface area contributed by atoms with Crippen LogP contribution in [0.25, 0.3) is 11.0 Å². The zero-order chi connectivity index (χ0) is 20.3. The first-order valence-electron chi connectivity index (χ1n) is 9.11. The molecule has 0 bridgehead atoms. The van der Waals surface area contributed by atoms with Crippen LogP contribution >= 0.6 is 11.3 Å². The van der Waals surface area contributed by atoms with Gasteiger partial charge in [-0.2, -0.15) is 0 Å². The Morgan fingerprint density at radius 1 is 1.18 bits per heavy atom. The summed E-state index contributed by atoms with van der Waals surface area (Å²) in [6.07, 6.45) is 0.673. The summed E-state index contributed by atoms with van der Waals surface area (Å²) in [7, 11) is 1.57. The lowest BCUT2D eigenvalue weighted by atomic mass is 10.1. The average Bonchev–Trinajstić information content (AvgIpc) is 3.19. The van der Waals surface area contributed by atoms with Crippen LogP contribution < -0.4 is 5.32 Å². The van der Waals surface area contributed by atoms with E-state index in [1.54, 1.807) is 20.1 Å². The van der Waals surface area contributed by atoms with E-state index < -0.39 is 11.9 Å². The molecule has 3 rings (SSSR count). The molecule has 3 aromatic rings. The van der Waals surface area contributed by atoms with Gasteiger partial charge in [0.15, 0.2) is 5.76 Å². The molecule has 0 saturated heterocycles. The van der Waals surface area contributed by atoms with Gasteiger partial charge in [0.1, 0.15) is 10.6 Å². The van der Waals surface area contributed by atoms with Gasteiger partial charge in [0.05, 0.1) is 18.8 Å². The van der Waals surface area contributed by atoms with Crippen LogP contribution in [0.1, 0.15) is 50.8 Å². The number of fused-ring (bicyclic) bond motifs is 1. The van der Waals surface area contributed by atoms with Gasteiger partial charge < -0.3 is 19.2 Å². The minimum atomic E-state index is -0.430. The Morgan fingerprint density at radius 2 is 1.93 bits per heavy atom. The number of hydrogen-bond acceptors (Lipinski definition) is 6. The molecule has 0 radical (unpaired) electrons. The van der Waals surface area contributed by atoms with Crippen molar-refractivity contribution in [1.29, 1.82) is 0 Å². The van der Waals surface area contributed by atoms with E-state index in [0.717, 1.165) is 15.8 Å². The lowest BCUT2D eigenvalue weighted by molar-refractivity contribution is 0.0527. The minimum absolute atomic E-state index is 0.182. The molecule has 7 heteroatoms. The summed E-state index contributed by atoms with van der Waals surface area (Å²) in [6.45, 7) is 6.17. The fourth-order valence-electron chi connectivity index (χ4n) is 3.24. The van der Waals surface area contributed by atoms with Crippen molar-refractivity contribution < 1.29 is 23.5 Å². The molecule has 0 spiro atoms. The highest BCUT2D eigenvalue weighted by Gasteiger charge is 2.26. The SMILES string of the molecule is CCOC(=O)c1c(NC(=O)c2oc3ccccc3c2COC)sc(C)c1CC. The number of benzene rings is 1. The van der Waals surface area contributed by atoms with Gasteiger partial charge in [0.2, 0.25) is 0 Å². The van der Waals surface area contributed by atoms with Crippen LogP contribution in [-0.2, 0) is 22.5 Å². The molecule has 0 aliphatic carbocycles. The number of ether oxygens (including phenoxy) is 2. The zero-order valence-corrected chi connectivity index (χ0v) is 17.2. The normalized spacial score (nSPS) is 11.0. The second kappa shape index (κ2) is 8.58. The third-order valence-corrected chi connectivity index (χ3v) is 5.53. The van der Waals surface area contributed by atoms with E-state index >= 15 is 0 Å². The Labute approximate surface area is 167 Å². The number of carbonyl (C=O) groups excluding carboxylic acids is 2. The van der Waals surface area contributed by atoms with Crippen LogP contribution in [0, 0.1) is 6.92 Å². The Morgan fingerprint density at radius 3 is 2.61 bits per heavy atom. The van der Waals surface area contributed by atoms with Gasteiger partial charge >= 0.3 is 5.97 Å². The number of thiophene rings is 1. The van der Waals surface area contributed by atoms with Crippen molar-refractivity contribution in [3.8, 4) is 0 Å². The van der Waals surface area contributed by atoms with Crippen molar-refractivity contribution >= 4 is 39.2 Å². The molecule has 0 aliphatic rings. The zero-order valence-electron chi connectivity index (χ0n) is 16.4. The number of methoxy groups -OCH3 is 1. The number of nitrogens with one attached hydrogen (secondary N) is 1. The third-order valence-electron chi connectivity index (χ3n) is 4.46. The van der Waals surface area contributed by atoms with Crippen LogP contribution in [0.5, 0.6) is 0 Å². The number of furan rings is 1. The molecule has 0 atom stereocenters. The van der Waals surface area contributed by atoms with Gasteiger partial charge in [-0.1, -0.05) is 25.1 Å². The predicted octanol–water partition coefficient (Wildman–Crippen LogP) is 4.94. The van der Waals surface area contributed by atoms with E-state index in [1.807, 2.05) is 32.0 Å². The van der Waals surface area contributed by atoms with Crippen molar-refractivity contribution in [2.45, 2.75) is 33.8 Å². The van der Waals surface area contributed by atoms with E-state index in [-0.39, 0.29) is 19.0 Å². The first-order valence-corrected chi connectivity index (χ1v) is 9.93. The molecule has 0 fully saturated rings. The topological polar surface area (TPSA) is 77.8 Å². The highest BCUT2D eigenvalue weighted by atomic mass is 32.1. The maximum absolute atomic E-state index is 13.0. The Hall–Kier alpha value is -2.64. The fourth-order valence-corrected chi connectivity index (χ4v) is 4.37. The second-order valence-electron chi connectivity index (χ2n) is 6.21. The lowest BCUT2D eigenvalue weighted by Gasteiger charge is -2.08. The van der Waals surface area contributed by atoms with Crippen molar-refractivity contribution in [3.05, 3.63) is 51.6 Å². The van der Waals surface area contributed by atoms with E-state index in [4.69, 9.17) is 13.9 Å². The minimum Gasteiger partial charge on any atom is -0.462 e. The number of rotatable bonds is 7. The van der Waals surface area contributed by atoms with Crippen LogP contribution in [0.3, 0.4) is 0 Å². The molecule has 28 heavy (non-hydrogen) atoms. The maximum atomic E-state index is 13.0. The van der Waals surface area contributed by atoms with Gasteiger partial charge in [-0.05, 0) is 31.9 Å². The molecular formula is C21H23NO5S. The molecule has 2 aromatic heterocycles. The maximum Gasteiger partial charge on any atom is 0.341 e. The molecule has 0 unspecified atom stereocenters. The third kappa shape index (κ3) is 3.68. The summed E-state index contributed by atoms with van der Waals surface area (Å²) in [5, 5.41) is 4.15. The number of esters is 1. The number of amides is 1. The quantitative estimate of drug-likeness (QED) is 0.567. The van der Waals surface area contributed by atoms with E-state index in [1.165, 1.54) is 11.3 Å². The van der Waals surface area contributed by atoms with Crippen LogP contribution in [0.2, 0.25) is 0 Å². The number of anilines is 1. The summed E-state index contributed by atoms with van der Waals surface area (Å²) in [5.74, 6) is -0.666. The molecule has 1 amide bonds. The molecule has 148 valence electrons. The summed E-state index contributed by atoms with van der Waals surface area (Å²) in [5.41, 5.74) is 2.60. The number of aryl methyl sites for hydroxylation is 1. The molecular weight excluding hydrogens is 378 g/mol. The number of para-hydroxylation sites is 1. The van der Waals surface area contributed by atoms with Gasteiger partial charge in [-0.3, -0.25) is 4.79 Å². The van der Waals surface area contributed by atoms with Crippen LogP contribution in [0.4, 0.5) is 5.00 Å². The van der Waals surface area contributed by atoms with Gasteiger partial charge in [0, 0.05) is 22.9 Å². The van der Waals surface area contributed by atoms with E-state index in [9.17, 15) is 9.59 Å². The molecule has 1 N–H and O–H groups in total.